The summed E-state index contributed by atoms with van der Waals surface area (Å²) in [5, 5.41) is 28.4. The number of anilines is 3. The van der Waals surface area contributed by atoms with E-state index in [0.29, 0.717) is 27.1 Å². The number of hydrogen-bond acceptors (Lipinski definition) is 12. The van der Waals surface area contributed by atoms with Gasteiger partial charge in [0.2, 0.25) is 20.0 Å². The standard InChI is InChI=1S/C20H21N3O4S.C12H12BrN3O2.C7H10BNO4S/c1-23-19(12-20(24)27-14-15-6-4-3-5-7-15)18(13-21-23)16-8-10-17(11-9-16)22-28(2,25)26;1-16-11(10(13)7-14-16)15-12(17)18-8-9-5-3-2-4-6-9;1-14(12,13)9-7-4-2-6(3-5-7)8(10)11/h3-11,13,22H,12,14H2,1-2H3;2-7H,8H2,1H3,(H,15,17);2-5,9-11H,1H3. The SMILES string of the molecule is CS(=O)(=O)Nc1ccc(B(O)O)cc1.Cn1ncc(-c2ccc(NS(C)(=O)=O)cc2)c1CC(=O)OCc1ccccc1.Cn1ncc(Br)c1NC(=O)OCc1ccccc1. The molecule has 0 bridgehead atoms. The highest BCUT2D eigenvalue weighted by Crippen LogP contribution is 2.26. The number of carbonyl (C=O) groups excluding carboxylic acids is 2. The van der Waals surface area contributed by atoms with E-state index in [0.717, 1.165) is 40.5 Å². The highest BCUT2D eigenvalue weighted by atomic mass is 79.9. The highest BCUT2D eigenvalue weighted by molar-refractivity contribution is 9.10. The minimum Gasteiger partial charge on any atom is -0.461 e. The number of amides is 1. The van der Waals surface area contributed by atoms with Crippen LogP contribution < -0.4 is 20.2 Å². The van der Waals surface area contributed by atoms with Crippen molar-refractivity contribution in [1.82, 2.24) is 19.6 Å². The zero-order valence-electron chi connectivity index (χ0n) is 32.9. The van der Waals surface area contributed by atoms with E-state index < -0.39 is 33.3 Å². The van der Waals surface area contributed by atoms with Gasteiger partial charge < -0.3 is 19.5 Å². The van der Waals surface area contributed by atoms with Crippen molar-refractivity contribution in [1.29, 1.82) is 0 Å². The van der Waals surface area contributed by atoms with E-state index in [-0.39, 0.29) is 25.6 Å². The van der Waals surface area contributed by atoms with Crippen LogP contribution in [-0.4, -0.2) is 78.1 Å². The summed E-state index contributed by atoms with van der Waals surface area (Å²) in [5.74, 6) is 0.220. The summed E-state index contributed by atoms with van der Waals surface area (Å²) in [6, 6.07) is 31.7. The number of aryl methyl sites for hydroxylation is 2. The maximum atomic E-state index is 12.3. The quantitative estimate of drug-likeness (QED) is 0.0801. The summed E-state index contributed by atoms with van der Waals surface area (Å²) in [5.41, 5.74) is 5.39. The van der Waals surface area contributed by atoms with Crippen LogP contribution in [0.4, 0.5) is 22.0 Å². The van der Waals surface area contributed by atoms with E-state index >= 15 is 0 Å². The molecule has 21 heteroatoms. The topological polar surface area (TPSA) is 233 Å². The Morgan fingerprint density at radius 2 is 1.18 bits per heavy atom. The van der Waals surface area contributed by atoms with E-state index in [1.807, 2.05) is 60.7 Å². The summed E-state index contributed by atoms with van der Waals surface area (Å²) in [6.07, 6.45) is 5.00. The Bertz CT molecular complexity index is 2520. The first kappa shape index (κ1) is 46.7. The molecule has 6 aromatic rings. The normalized spacial score (nSPS) is 10.8. The second-order valence-corrected chi connectivity index (χ2v) is 17.3. The molecular weight excluding hydrogens is 881 g/mol. The molecule has 1 amide bonds. The Morgan fingerprint density at radius 3 is 1.65 bits per heavy atom. The molecule has 0 saturated heterocycles. The Kier molecular flexibility index (Phi) is 17.0. The molecule has 0 saturated carbocycles. The molecule has 0 aliphatic carbocycles. The van der Waals surface area contributed by atoms with Gasteiger partial charge in [-0.05, 0) is 62.3 Å². The number of carbonyl (C=O) groups is 2. The molecule has 4 aromatic carbocycles. The summed E-state index contributed by atoms with van der Waals surface area (Å²) in [7, 11) is -4.66. The number of esters is 1. The summed E-state index contributed by atoms with van der Waals surface area (Å²) in [6.45, 7) is 0.459. The predicted octanol–water partition coefficient (Wildman–Crippen LogP) is 4.41. The molecule has 60 heavy (non-hydrogen) atoms. The number of aromatic nitrogens is 4. The van der Waals surface area contributed by atoms with Gasteiger partial charge in [-0.15, -0.1) is 0 Å². The van der Waals surface area contributed by atoms with Crippen LogP contribution in [0.1, 0.15) is 16.8 Å². The maximum absolute atomic E-state index is 12.3. The molecule has 6 rings (SSSR count). The summed E-state index contributed by atoms with van der Waals surface area (Å²) in [4.78, 5) is 23.9. The summed E-state index contributed by atoms with van der Waals surface area (Å²) < 4.78 is 63.3. The molecule has 0 atom stereocenters. The van der Waals surface area contributed by atoms with Gasteiger partial charge in [-0.1, -0.05) is 84.9 Å². The number of nitrogens with zero attached hydrogens (tertiary/aromatic N) is 4. The van der Waals surface area contributed by atoms with Crippen LogP contribution >= 0.6 is 15.9 Å². The van der Waals surface area contributed by atoms with Crippen molar-refractivity contribution in [3.63, 3.8) is 0 Å². The first-order valence-electron chi connectivity index (χ1n) is 17.7. The second-order valence-electron chi connectivity index (χ2n) is 12.9. The number of sulfonamides is 2. The van der Waals surface area contributed by atoms with Crippen LogP contribution in [0.5, 0.6) is 0 Å². The molecule has 0 fully saturated rings. The number of nitrogens with one attached hydrogen (secondary N) is 3. The van der Waals surface area contributed by atoms with Gasteiger partial charge in [0.15, 0.2) is 0 Å². The van der Waals surface area contributed by atoms with Crippen LogP contribution in [0.25, 0.3) is 11.1 Å². The van der Waals surface area contributed by atoms with E-state index in [9.17, 15) is 26.4 Å². The van der Waals surface area contributed by atoms with E-state index in [1.54, 1.807) is 60.1 Å². The Balaban J connectivity index is 0.000000213. The number of halogens is 1. The lowest BCUT2D eigenvalue weighted by Gasteiger charge is -2.09. The fourth-order valence-electron chi connectivity index (χ4n) is 5.12. The van der Waals surface area contributed by atoms with E-state index in [2.05, 4.69) is 40.9 Å². The molecular formula is C39H43BBrN7O10S2. The highest BCUT2D eigenvalue weighted by Gasteiger charge is 2.16. The maximum Gasteiger partial charge on any atom is 0.488 e. The van der Waals surface area contributed by atoms with E-state index in [1.165, 1.54) is 24.3 Å². The van der Waals surface area contributed by atoms with E-state index in [4.69, 9.17) is 19.5 Å². The molecule has 0 aliphatic rings. The number of hydrogen-bond donors (Lipinski definition) is 5. The van der Waals surface area contributed by atoms with Gasteiger partial charge >= 0.3 is 19.2 Å². The minimum absolute atomic E-state index is 0.0853. The molecule has 0 spiro atoms. The fourth-order valence-corrected chi connectivity index (χ4v) is 6.69. The van der Waals surface area contributed by atoms with Crippen molar-refractivity contribution in [2.24, 2.45) is 14.1 Å². The van der Waals surface area contributed by atoms with Crippen LogP contribution in [-0.2, 0) is 68.0 Å². The van der Waals surface area contributed by atoms with Crippen LogP contribution in [0.15, 0.2) is 126 Å². The van der Waals surface area contributed by atoms with Crippen molar-refractivity contribution < 1.29 is 45.9 Å². The number of benzene rings is 4. The van der Waals surface area contributed by atoms with Crippen molar-refractivity contribution in [3.8, 4) is 11.1 Å². The molecule has 5 N–H and O–H groups in total. The third-order valence-electron chi connectivity index (χ3n) is 7.95. The van der Waals surface area contributed by atoms with Crippen molar-refractivity contribution in [3.05, 3.63) is 143 Å². The van der Waals surface area contributed by atoms with Gasteiger partial charge in [-0.25, -0.2) is 21.6 Å². The third-order valence-corrected chi connectivity index (χ3v) is 9.75. The Labute approximate surface area is 356 Å². The van der Waals surface area contributed by atoms with Crippen LogP contribution in [0, 0.1) is 0 Å². The Morgan fingerprint density at radius 1 is 0.700 bits per heavy atom. The zero-order chi connectivity index (χ0) is 43.9. The molecule has 2 aromatic heterocycles. The van der Waals surface area contributed by atoms with Gasteiger partial charge in [0.05, 0.1) is 41.5 Å². The van der Waals surface area contributed by atoms with Gasteiger partial charge in [0.25, 0.3) is 0 Å². The van der Waals surface area contributed by atoms with Gasteiger partial charge in [0.1, 0.15) is 19.0 Å². The fraction of sp³-hybridized carbons (Fsp3) is 0.179. The molecule has 316 valence electrons. The largest absolute Gasteiger partial charge is 0.488 e. The molecule has 2 heterocycles. The van der Waals surface area contributed by atoms with Crippen molar-refractivity contribution in [2.45, 2.75) is 19.6 Å². The molecule has 0 radical (unpaired) electrons. The van der Waals surface area contributed by atoms with Crippen LogP contribution in [0.3, 0.4) is 0 Å². The predicted molar refractivity (Wildman–Crippen MR) is 233 cm³/mol. The molecule has 17 nitrogen and oxygen atoms in total. The first-order valence-corrected chi connectivity index (χ1v) is 22.3. The zero-order valence-corrected chi connectivity index (χ0v) is 36.1. The second kappa shape index (κ2) is 21.8. The lowest BCUT2D eigenvalue weighted by atomic mass is 9.80. The van der Waals surface area contributed by atoms with Gasteiger partial charge in [-0.3, -0.25) is 28.9 Å². The first-order chi connectivity index (χ1) is 28.4. The average molecular weight is 925 g/mol. The van der Waals surface area contributed by atoms with Crippen molar-refractivity contribution in [2.75, 3.05) is 27.3 Å². The van der Waals surface area contributed by atoms with Crippen LogP contribution in [0.2, 0.25) is 0 Å². The lowest BCUT2D eigenvalue weighted by Crippen LogP contribution is -2.29. The molecule has 0 unspecified atom stereocenters. The number of rotatable bonds is 13. The third kappa shape index (κ3) is 16.0. The summed E-state index contributed by atoms with van der Waals surface area (Å²) >= 11 is 3.29. The minimum atomic E-state index is -3.33. The van der Waals surface area contributed by atoms with Gasteiger partial charge in [-0.2, -0.15) is 10.2 Å². The smallest absolute Gasteiger partial charge is 0.461 e. The number of ether oxygens (including phenoxy) is 2. The van der Waals surface area contributed by atoms with Gasteiger partial charge in [0, 0.05) is 31.0 Å². The molecule has 0 aliphatic heterocycles. The van der Waals surface area contributed by atoms with Crippen molar-refractivity contribution >= 4 is 77.8 Å². The average Bonchev–Trinajstić information content (AvgIpc) is 3.72. The lowest BCUT2D eigenvalue weighted by molar-refractivity contribution is -0.144. The monoisotopic (exact) mass is 923 g/mol. The Hall–Kier alpha value is -6.00.